The summed E-state index contributed by atoms with van der Waals surface area (Å²) in [6.45, 7) is 0.0820. The van der Waals surface area contributed by atoms with Gasteiger partial charge in [0.1, 0.15) is 12.6 Å². The number of nitrogens with one attached hydrogen (secondary N) is 2. The summed E-state index contributed by atoms with van der Waals surface area (Å²) >= 11 is 0. The molecule has 0 radical (unpaired) electrons. The van der Waals surface area contributed by atoms with E-state index < -0.39 is 15.9 Å². The fourth-order valence-corrected chi connectivity index (χ4v) is 3.57. The van der Waals surface area contributed by atoms with E-state index in [1.165, 1.54) is 0 Å². The molecular weight excluding hydrogens is 248 g/mol. The van der Waals surface area contributed by atoms with Crippen LogP contribution in [0.25, 0.3) is 0 Å². The molecular formula is C9H14N2O5S. The van der Waals surface area contributed by atoms with Gasteiger partial charge in [-0.1, -0.05) is 0 Å². The third-order valence-corrected chi connectivity index (χ3v) is 4.52. The summed E-state index contributed by atoms with van der Waals surface area (Å²) in [6, 6.07) is -1.08. The van der Waals surface area contributed by atoms with E-state index in [-0.39, 0.29) is 42.6 Å². The first-order chi connectivity index (χ1) is 7.96. The smallest absolute Gasteiger partial charge is 0.246 e. The van der Waals surface area contributed by atoms with E-state index in [0.717, 1.165) is 0 Å². The summed E-state index contributed by atoms with van der Waals surface area (Å²) in [7, 11) is -3.02. The second kappa shape index (κ2) is 4.61. The lowest BCUT2D eigenvalue weighted by atomic mass is 10.2. The fraction of sp³-hybridized carbons (Fsp3) is 0.778. The topological polar surface area (TPSA) is 102 Å². The average Bonchev–Trinajstić information content (AvgIpc) is 2.58. The molecule has 2 unspecified atom stereocenters. The number of carbonyl (C=O) groups is 2. The molecule has 2 aliphatic rings. The van der Waals surface area contributed by atoms with E-state index in [4.69, 9.17) is 4.74 Å². The van der Waals surface area contributed by atoms with Crippen LogP contribution in [0.1, 0.15) is 6.42 Å². The highest BCUT2D eigenvalue weighted by atomic mass is 32.2. The molecule has 2 amide bonds. The number of ether oxygens (including phenoxy) is 1. The first-order valence-electron chi connectivity index (χ1n) is 5.34. The minimum Gasteiger partial charge on any atom is -0.369 e. The second-order valence-electron chi connectivity index (χ2n) is 4.24. The molecule has 0 spiro atoms. The van der Waals surface area contributed by atoms with Gasteiger partial charge in [-0.15, -0.1) is 0 Å². The largest absolute Gasteiger partial charge is 0.369 e. The highest BCUT2D eigenvalue weighted by Gasteiger charge is 2.32. The van der Waals surface area contributed by atoms with Crippen LogP contribution >= 0.6 is 0 Å². The van der Waals surface area contributed by atoms with Gasteiger partial charge >= 0.3 is 0 Å². The Morgan fingerprint density at radius 2 is 2.24 bits per heavy atom. The van der Waals surface area contributed by atoms with Gasteiger partial charge in [0.05, 0.1) is 18.1 Å². The van der Waals surface area contributed by atoms with Crippen molar-refractivity contribution in [2.24, 2.45) is 0 Å². The average molecular weight is 262 g/mol. The van der Waals surface area contributed by atoms with Crippen LogP contribution in [-0.2, 0) is 24.2 Å². The molecule has 0 aromatic heterocycles. The van der Waals surface area contributed by atoms with Crippen molar-refractivity contribution < 1.29 is 22.7 Å². The predicted molar refractivity (Wildman–Crippen MR) is 58.0 cm³/mol. The summed E-state index contributed by atoms with van der Waals surface area (Å²) in [4.78, 5) is 22.7. The maximum atomic E-state index is 11.7. The van der Waals surface area contributed by atoms with Crippen molar-refractivity contribution in [2.45, 2.75) is 18.5 Å². The maximum absolute atomic E-state index is 11.7. The molecule has 2 N–H and O–H groups in total. The second-order valence-corrected chi connectivity index (χ2v) is 6.47. The van der Waals surface area contributed by atoms with Crippen LogP contribution < -0.4 is 10.6 Å². The molecule has 2 saturated heterocycles. The first-order valence-corrected chi connectivity index (χ1v) is 7.16. The minimum atomic E-state index is -3.02. The molecule has 2 atom stereocenters. The molecule has 0 bridgehead atoms. The Hall–Kier alpha value is -1.15. The van der Waals surface area contributed by atoms with Crippen LogP contribution in [0.3, 0.4) is 0 Å². The zero-order valence-electron chi connectivity index (χ0n) is 9.14. The van der Waals surface area contributed by atoms with Crippen molar-refractivity contribution in [3.8, 4) is 0 Å². The normalized spacial score (nSPS) is 31.9. The van der Waals surface area contributed by atoms with Crippen LogP contribution in [0.2, 0.25) is 0 Å². The third-order valence-electron chi connectivity index (χ3n) is 2.75. The maximum Gasteiger partial charge on any atom is 0.246 e. The van der Waals surface area contributed by atoms with Crippen molar-refractivity contribution in [3.05, 3.63) is 0 Å². The first kappa shape index (κ1) is 12.3. The van der Waals surface area contributed by atoms with Crippen molar-refractivity contribution in [1.29, 1.82) is 0 Å². The Balaban J connectivity index is 1.87. The molecule has 96 valence electrons. The molecule has 8 heteroatoms. The zero-order valence-corrected chi connectivity index (χ0v) is 9.96. The van der Waals surface area contributed by atoms with E-state index in [1.807, 2.05) is 0 Å². The lowest BCUT2D eigenvalue weighted by molar-refractivity contribution is -0.138. The molecule has 2 fully saturated rings. The Kier molecular flexibility index (Phi) is 3.34. The molecule has 0 saturated carbocycles. The van der Waals surface area contributed by atoms with Crippen LogP contribution in [-0.4, -0.2) is 57.0 Å². The van der Waals surface area contributed by atoms with Gasteiger partial charge in [-0.3, -0.25) is 9.59 Å². The molecule has 2 heterocycles. The van der Waals surface area contributed by atoms with Crippen molar-refractivity contribution in [2.75, 3.05) is 24.7 Å². The predicted octanol–water partition coefficient (Wildman–Crippen LogP) is -2.20. The van der Waals surface area contributed by atoms with Crippen LogP contribution in [0.15, 0.2) is 0 Å². The van der Waals surface area contributed by atoms with Gasteiger partial charge in [-0.25, -0.2) is 8.42 Å². The Labute approximate surface area is 98.8 Å². The summed E-state index contributed by atoms with van der Waals surface area (Å²) in [5, 5.41) is 5.10. The summed E-state index contributed by atoms with van der Waals surface area (Å²) in [5.41, 5.74) is 0. The van der Waals surface area contributed by atoms with E-state index in [2.05, 4.69) is 10.6 Å². The molecule has 2 aliphatic heterocycles. The quantitative estimate of drug-likeness (QED) is 0.588. The van der Waals surface area contributed by atoms with Crippen LogP contribution in [0.5, 0.6) is 0 Å². The number of hydrogen-bond acceptors (Lipinski definition) is 5. The van der Waals surface area contributed by atoms with Gasteiger partial charge in [0.2, 0.25) is 11.8 Å². The van der Waals surface area contributed by atoms with Crippen molar-refractivity contribution in [1.82, 2.24) is 10.6 Å². The molecule has 0 aromatic carbocycles. The summed E-state index contributed by atoms with van der Waals surface area (Å²) in [6.07, 6.45) is 0.426. The van der Waals surface area contributed by atoms with Gasteiger partial charge in [0, 0.05) is 6.04 Å². The van der Waals surface area contributed by atoms with E-state index in [9.17, 15) is 18.0 Å². The highest BCUT2D eigenvalue weighted by molar-refractivity contribution is 7.91. The zero-order chi connectivity index (χ0) is 12.5. The lowest BCUT2D eigenvalue weighted by Gasteiger charge is -2.24. The number of morpholine rings is 1. The highest BCUT2D eigenvalue weighted by Crippen LogP contribution is 2.11. The molecule has 0 aromatic rings. The standard InChI is InChI=1S/C9H14N2O5S/c12-8-4-16-3-7(11-8)9(13)10-6-1-2-17(14,15)5-6/h6-7H,1-5H2,(H,10,13)(H,11,12). The van der Waals surface area contributed by atoms with Gasteiger partial charge < -0.3 is 15.4 Å². The van der Waals surface area contributed by atoms with E-state index >= 15 is 0 Å². The van der Waals surface area contributed by atoms with Crippen molar-refractivity contribution in [3.63, 3.8) is 0 Å². The van der Waals surface area contributed by atoms with Crippen molar-refractivity contribution >= 4 is 21.7 Å². The Morgan fingerprint density at radius 1 is 1.47 bits per heavy atom. The molecule has 0 aliphatic carbocycles. The third kappa shape index (κ3) is 3.16. The van der Waals surface area contributed by atoms with Gasteiger partial charge in [0.25, 0.3) is 0 Å². The fourth-order valence-electron chi connectivity index (χ4n) is 1.90. The number of rotatable bonds is 2. The Morgan fingerprint density at radius 3 is 2.82 bits per heavy atom. The minimum absolute atomic E-state index is 0.0275. The van der Waals surface area contributed by atoms with Crippen LogP contribution in [0.4, 0.5) is 0 Å². The molecule has 17 heavy (non-hydrogen) atoms. The number of hydrogen-bond donors (Lipinski definition) is 2. The molecule has 7 nitrogen and oxygen atoms in total. The lowest BCUT2D eigenvalue weighted by Crippen LogP contribution is -2.55. The van der Waals surface area contributed by atoms with E-state index in [1.54, 1.807) is 0 Å². The molecule has 2 rings (SSSR count). The SMILES string of the molecule is O=C1COCC(C(=O)NC2CCS(=O)(=O)C2)N1. The van der Waals surface area contributed by atoms with Gasteiger partial charge in [-0.05, 0) is 6.42 Å². The summed E-state index contributed by atoms with van der Waals surface area (Å²) < 4.78 is 27.3. The number of carbonyl (C=O) groups excluding carboxylic acids is 2. The Bertz CT molecular complexity index is 433. The van der Waals surface area contributed by atoms with E-state index in [0.29, 0.717) is 6.42 Å². The monoisotopic (exact) mass is 262 g/mol. The van der Waals surface area contributed by atoms with Crippen LogP contribution in [0, 0.1) is 0 Å². The van der Waals surface area contributed by atoms with Gasteiger partial charge in [0.15, 0.2) is 9.84 Å². The number of sulfone groups is 1. The summed E-state index contributed by atoms with van der Waals surface area (Å²) in [5.74, 6) is -0.651. The van der Waals surface area contributed by atoms with Gasteiger partial charge in [-0.2, -0.15) is 0 Å². The number of amides is 2.